The molecule has 0 aromatic heterocycles. The van der Waals surface area contributed by atoms with Gasteiger partial charge in [0.05, 0.1) is 25.4 Å². The minimum atomic E-state index is 0.150. The molecule has 0 saturated carbocycles. The van der Waals surface area contributed by atoms with E-state index in [0.29, 0.717) is 13.2 Å². The Labute approximate surface area is 401 Å². The molecule has 0 fully saturated rings. The third-order valence-corrected chi connectivity index (χ3v) is 12.8. The predicted octanol–water partition coefficient (Wildman–Crippen LogP) is 14.3. The average Bonchev–Trinajstić information content (AvgIpc) is 3.30. The van der Waals surface area contributed by atoms with Crippen molar-refractivity contribution in [2.75, 3.05) is 92.0 Å². The van der Waals surface area contributed by atoms with Crippen LogP contribution in [-0.2, 0) is 18.9 Å². The fourth-order valence-electron chi connectivity index (χ4n) is 8.69. The molecule has 0 saturated heterocycles. The first kappa shape index (κ1) is 63.7. The SMILES string of the molecule is CCCCCCCCCCCCCCCCCCOCC(CNCCCNCCCCNCCCNCC(COCCCCCCCCCCCCCCCCCC)OCC)OCC. The molecule has 0 radical (unpaired) electrons. The summed E-state index contributed by atoms with van der Waals surface area (Å²) in [5.74, 6) is 0. The normalized spacial score (nSPS) is 12.8. The van der Waals surface area contributed by atoms with E-state index in [1.165, 1.54) is 218 Å². The van der Waals surface area contributed by atoms with Gasteiger partial charge in [-0.3, -0.25) is 0 Å². The lowest BCUT2D eigenvalue weighted by Gasteiger charge is -2.18. The van der Waals surface area contributed by atoms with Crippen LogP contribution in [0.5, 0.6) is 0 Å². The van der Waals surface area contributed by atoms with E-state index in [9.17, 15) is 0 Å². The van der Waals surface area contributed by atoms with E-state index in [1.807, 2.05) is 0 Å². The van der Waals surface area contributed by atoms with Crippen molar-refractivity contribution in [2.45, 2.75) is 271 Å². The maximum absolute atomic E-state index is 6.01. The molecule has 8 heteroatoms. The fraction of sp³-hybridized carbons (Fsp3) is 1.00. The van der Waals surface area contributed by atoms with Gasteiger partial charge in [-0.1, -0.05) is 206 Å². The highest BCUT2D eigenvalue weighted by atomic mass is 16.5. The Kier molecular flexibility index (Phi) is 58.5. The first-order valence-electron chi connectivity index (χ1n) is 29.0. The smallest absolute Gasteiger partial charge is 0.0932 e. The van der Waals surface area contributed by atoms with Crippen LogP contribution in [-0.4, -0.2) is 104 Å². The van der Waals surface area contributed by atoms with Gasteiger partial charge in [0.1, 0.15) is 0 Å². The van der Waals surface area contributed by atoms with Gasteiger partial charge in [0.2, 0.25) is 0 Å². The first-order valence-corrected chi connectivity index (χ1v) is 29.0. The zero-order chi connectivity index (χ0) is 46.2. The summed E-state index contributed by atoms with van der Waals surface area (Å²) < 4.78 is 23.9. The van der Waals surface area contributed by atoms with Crippen molar-refractivity contribution in [1.82, 2.24) is 21.3 Å². The van der Waals surface area contributed by atoms with E-state index in [2.05, 4.69) is 49.0 Å². The van der Waals surface area contributed by atoms with E-state index >= 15 is 0 Å². The summed E-state index contributed by atoms with van der Waals surface area (Å²) in [6.45, 7) is 21.5. The van der Waals surface area contributed by atoms with E-state index < -0.39 is 0 Å². The first-order chi connectivity index (χ1) is 31.8. The van der Waals surface area contributed by atoms with E-state index in [0.717, 1.165) is 91.6 Å². The highest BCUT2D eigenvalue weighted by Gasteiger charge is 2.09. The number of hydrogen-bond donors (Lipinski definition) is 4. The van der Waals surface area contributed by atoms with Crippen LogP contribution in [0.15, 0.2) is 0 Å². The summed E-state index contributed by atoms with van der Waals surface area (Å²) in [6, 6.07) is 0. The lowest BCUT2D eigenvalue weighted by Crippen LogP contribution is -2.34. The summed E-state index contributed by atoms with van der Waals surface area (Å²) in [5, 5.41) is 14.4. The Morgan fingerprint density at radius 2 is 0.516 bits per heavy atom. The minimum Gasteiger partial charge on any atom is -0.379 e. The number of nitrogens with one attached hydrogen (secondary N) is 4. The van der Waals surface area contributed by atoms with Crippen LogP contribution in [0.4, 0.5) is 0 Å². The summed E-state index contributed by atoms with van der Waals surface area (Å²) in [5.41, 5.74) is 0. The molecule has 0 aliphatic rings. The average molecular weight is 912 g/mol. The zero-order valence-corrected chi connectivity index (χ0v) is 44.1. The molecule has 0 aliphatic carbocycles. The number of rotatable bonds is 59. The number of hydrogen-bond acceptors (Lipinski definition) is 8. The van der Waals surface area contributed by atoms with Gasteiger partial charge in [-0.2, -0.15) is 0 Å². The van der Waals surface area contributed by atoms with Crippen molar-refractivity contribution < 1.29 is 18.9 Å². The van der Waals surface area contributed by atoms with Crippen molar-refractivity contribution >= 4 is 0 Å². The van der Waals surface area contributed by atoms with Crippen molar-refractivity contribution in [2.24, 2.45) is 0 Å². The van der Waals surface area contributed by atoms with Crippen LogP contribution >= 0.6 is 0 Å². The molecule has 2 atom stereocenters. The Hall–Kier alpha value is -0.320. The molecule has 0 spiro atoms. The molecule has 0 aromatic carbocycles. The van der Waals surface area contributed by atoms with E-state index in [4.69, 9.17) is 18.9 Å². The molecule has 2 unspecified atom stereocenters. The van der Waals surface area contributed by atoms with Gasteiger partial charge in [-0.25, -0.2) is 0 Å². The van der Waals surface area contributed by atoms with Crippen molar-refractivity contribution in [3.8, 4) is 0 Å². The maximum Gasteiger partial charge on any atom is 0.0932 e. The minimum absolute atomic E-state index is 0.150. The van der Waals surface area contributed by atoms with Gasteiger partial charge >= 0.3 is 0 Å². The van der Waals surface area contributed by atoms with Gasteiger partial charge in [-0.05, 0) is 91.6 Å². The Balaban J connectivity index is 3.46. The van der Waals surface area contributed by atoms with Gasteiger partial charge < -0.3 is 40.2 Å². The quantitative estimate of drug-likeness (QED) is 0.0449. The van der Waals surface area contributed by atoms with Crippen LogP contribution in [0.3, 0.4) is 0 Å². The molecular formula is C56H118N4O4. The largest absolute Gasteiger partial charge is 0.379 e. The number of ether oxygens (including phenoxy) is 4. The molecule has 386 valence electrons. The Morgan fingerprint density at radius 3 is 0.797 bits per heavy atom. The molecule has 0 amide bonds. The van der Waals surface area contributed by atoms with Crippen LogP contribution < -0.4 is 21.3 Å². The summed E-state index contributed by atoms with van der Waals surface area (Å²) >= 11 is 0. The lowest BCUT2D eigenvalue weighted by molar-refractivity contribution is -0.0113. The van der Waals surface area contributed by atoms with E-state index in [1.54, 1.807) is 0 Å². The highest BCUT2D eigenvalue weighted by molar-refractivity contribution is 4.64. The molecule has 64 heavy (non-hydrogen) atoms. The molecular weight excluding hydrogens is 793 g/mol. The molecule has 8 nitrogen and oxygen atoms in total. The molecule has 0 aliphatic heterocycles. The molecule has 0 rings (SSSR count). The second-order valence-electron chi connectivity index (χ2n) is 19.2. The zero-order valence-electron chi connectivity index (χ0n) is 44.1. The summed E-state index contributed by atoms with van der Waals surface area (Å²) in [7, 11) is 0. The second kappa shape index (κ2) is 58.8. The van der Waals surface area contributed by atoms with Gasteiger partial charge in [0.25, 0.3) is 0 Å². The summed E-state index contributed by atoms with van der Waals surface area (Å²) in [4.78, 5) is 0. The highest BCUT2D eigenvalue weighted by Crippen LogP contribution is 2.15. The van der Waals surface area contributed by atoms with Crippen LogP contribution in [0.2, 0.25) is 0 Å². The third-order valence-electron chi connectivity index (χ3n) is 12.8. The monoisotopic (exact) mass is 911 g/mol. The standard InChI is InChI=1S/C56H118N4O4/c1-5-9-11-13-15-17-19-21-23-25-27-29-31-33-35-39-49-61-53-55(63-7-3)51-59-47-41-45-57-43-37-38-44-58-46-42-48-60-52-56(64-8-4)54-62-50-40-36-34-32-30-28-26-24-22-20-18-16-14-12-10-6-2/h55-60H,5-54H2,1-4H3. The van der Waals surface area contributed by atoms with Crippen LogP contribution in [0.1, 0.15) is 259 Å². The fourth-order valence-corrected chi connectivity index (χ4v) is 8.69. The van der Waals surface area contributed by atoms with Crippen molar-refractivity contribution in [3.05, 3.63) is 0 Å². The lowest BCUT2D eigenvalue weighted by atomic mass is 10.0. The predicted molar refractivity (Wildman–Crippen MR) is 282 cm³/mol. The van der Waals surface area contributed by atoms with E-state index in [-0.39, 0.29) is 12.2 Å². The molecule has 4 N–H and O–H groups in total. The number of unbranched alkanes of at least 4 members (excludes halogenated alkanes) is 31. The summed E-state index contributed by atoms with van der Waals surface area (Å²) in [6.07, 6.45) is 49.9. The molecule has 0 bridgehead atoms. The van der Waals surface area contributed by atoms with Crippen molar-refractivity contribution in [1.29, 1.82) is 0 Å². The van der Waals surface area contributed by atoms with Gasteiger partial charge in [-0.15, -0.1) is 0 Å². The Bertz CT molecular complexity index is 747. The molecule has 0 aromatic rings. The van der Waals surface area contributed by atoms with Crippen molar-refractivity contribution in [3.63, 3.8) is 0 Å². The third kappa shape index (κ3) is 54.3. The van der Waals surface area contributed by atoms with Gasteiger partial charge in [0, 0.05) is 39.5 Å². The molecule has 0 heterocycles. The Morgan fingerprint density at radius 1 is 0.266 bits per heavy atom. The maximum atomic E-state index is 6.01. The second-order valence-corrected chi connectivity index (χ2v) is 19.2. The van der Waals surface area contributed by atoms with Crippen LogP contribution in [0, 0.1) is 0 Å². The van der Waals surface area contributed by atoms with Gasteiger partial charge in [0.15, 0.2) is 0 Å². The van der Waals surface area contributed by atoms with Crippen LogP contribution in [0.25, 0.3) is 0 Å². The topological polar surface area (TPSA) is 85.0 Å².